The summed E-state index contributed by atoms with van der Waals surface area (Å²) in [6.07, 6.45) is 0. The van der Waals surface area contributed by atoms with Gasteiger partial charge in [-0.15, -0.1) is 0 Å². The third-order valence-electron chi connectivity index (χ3n) is 2.74. The monoisotopic (exact) mass is 262 g/mol. The minimum Gasteiger partial charge on any atom is -0.398 e. The van der Waals surface area contributed by atoms with Crippen molar-refractivity contribution in [3.63, 3.8) is 0 Å². The molecule has 4 heteroatoms. The first kappa shape index (κ1) is 15.2. The van der Waals surface area contributed by atoms with Crippen LogP contribution in [0.15, 0.2) is 24.3 Å². The minimum absolute atomic E-state index is 0.122. The quantitative estimate of drug-likeness (QED) is 0.469. The van der Waals surface area contributed by atoms with Gasteiger partial charge in [-0.25, -0.2) is 0 Å². The summed E-state index contributed by atoms with van der Waals surface area (Å²) in [7, 11) is 0. The topological polar surface area (TPSA) is 64.3 Å². The van der Waals surface area contributed by atoms with Gasteiger partial charge in [0, 0.05) is 17.8 Å². The fourth-order valence-corrected chi connectivity index (χ4v) is 1.69. The van der Waals surface area contributed by atoms with E-state index >= 15 is 0 Å². The molecule has 0 aliphatic rings. The molecule has 0 saturated heterocycles. The van der Waals surface area contributed by atoms with Crippen LogP contribution in [0.4, 0.5) is 5.69 Å². The van der Waals surface area contributed by atoms with Gasteiger partial charge in [-0.3, -0.25) is 4.79 Å². The highest BCUT2D eigenvalue weighted by Gasteiger charge is 2.10. The molecule has 0 aromatic heterocycles. The van der Waals surface area contributed by atoms with Gasteiger partial charge in [0.05, 0.1) is 13.2 Å². The van der Waals surface area contributed by atoms with Crippen molar-refractivity contribution in [3.05, 3.63) is 41.0 Å². The molecule has 0 bridgehead atoms. The molecule has 1 amide bonds. The SMILES string of the molecule is C=C(C)COCCNC(=O)c1cc(N)c(C)cc1C. The molecular formula is C15H22N2O2. The predicted octanol–water partition coefficient (Wildman–Crippen LogP) is 2.21. The summed E-state index contributed by atoms with van der Waals surface area (Å²) < 4.78 is 5.32. The number of nitrogens with one attached hydrogen (secondary N) is 1. The van der Waals surface area contributed by atoms with Gasteiger partial charge >= 0.3 is 0 Å². The first-order valence-electron chi connectivity index (χ1n) is 6.29. The number of carbonyl (C=O) groups is 1. The van der Waals surface area contributed by atoms with Crippen LogP contribution < -0.4 is 11.1 Å². The highest BCUT2D eigenvalue weighted by molar-refractivity contribution is 5.96. The van der Waals surface area contributed by atoms with Gasteiger partial charge in [-0.1, -0.05) is 18.2 Å². The molecule has 3 N–H and O–H groups in total. The number of aryl methyl sites for hydroxylation is 2. The van der Waals surface area contributed by atoms with Gasteiger partial charge in [0.25, 0.3) is 5.91 Å². The van der Waals surface area contributed by atoms with Crippen LogP contribution in [-0.2, 0) is 4.74 Å². The molecule has 0 heterocycles. The molecule has 0 unspecified atom stereocenters. The molecule has 19 heavy (non-hydrogen) atoms. The molecule has 1 rings (SSSR count). The Morgan fingerprint density at radius 2 is 2.05 bits per heavy atom. The Kier molecular flexibility index (Phi) is 5.57. The summed E-state index contributed by atoms with van der Waals surface area (Å²) in [6, 6.07) is 3.64. The average molecular weight is 262 g/mol. The summed E-state index contributed by atoms with van der Waals surface area (Å²) >= 11 is 0. The second-order valence-electron chi connectivity index (χ2n) is 4.79. The Morgan fingerprint density at radius 1 is 1.37 bits per heavy atom. The van der Waals surface area contributed by atoms with E-state index in [0.29, 0.717) is 31.0 Å². The molecule has 0 radical (unpaired) electrons. The van der Waals surface area contributed by atoms with Gasteiger partial charge < -0.3 is 15.8 Å². The summed E-state index contributed by atoms with van der Waals surface area (Å²) in [5.74, 6) is -0.122. The molecule has 1 aromatic rings. The largest absolute Gasteiger partial charge is 0.398 e. The van der Waals surface area contributed by atoms with Crippen molar-refractivity contribution in [1.82, 2.24) is 5.32 Å². The number of nitrogen functional groups attached to an aromatic ring is 1. The third kappa shape index (κ3) is 4.75. The first-order valence-corrected chi connectivity index (χ1v) is 6.29. The van der Waals surface area contributed by atoms with Crippen molar-refractivity contribution in [1.29, 1.82) is 0 Å². The summed E-state index contributed by atoms with van der Waals surface area (Å²) in [4.78, 5) is 12.0. The van der Waals surface area contributed by atoms with Crippen LogP contribution >= 0.6 is 0 Å². The molecule has 0 spiro atoms. The smallest absolute Gasteiger partial charge is 0.251 e. The predicted molar refractivity (Wildman–Crippen MR) is 78.3 cm³/mol. The lowest BCUT2D eigenvalue weighted by atomic mass is 10.0. The zero-order chi connectivity index (χ0) is 14.4. The van der Waals surface area contributed by atoms with E-state index in [4.69, 9.17) is 10.5 Å². The highest BCUT2D eigenvalue weighted by Crippen LogP contribution is 2.17. The molecule has 104 valence electrons. The van der Waals surface area contributed by atoms with Crippen molar-refractivity contribution in [3.8, 4) is 0 Å². The lowest BCUT2D eigenvalue weighted by Crippen LogP contribution is -2.28. The normalized spacial score (nSPS) is 10.3. The summed E-state index contributed by atoms with van der Waals surface area (Å²) in [6.45, 7) is 10.9. The molecule has 0 saturated carbocycles. The fourth-order valence-electron chi connectivity index (χ4n) is 1.69. The maximum absolute atomic E-state index is 12.0. The second-order valence-corrected chi connectivity index (χ2v) is 4.79. The molecular weight excluding hydrogens is 240 g/mol. The number of anilines is 1. The van der Waals surface area contributed by atoms with E-state index in [1.807, 2.05) is 26.8 Å². The molecule has 1 aromatic carbocycles. The van der Waals surface area contributed by atoms with Crippen LogP contribution in [0, 0.1) is 13.8 Å². The van der Waals surface area contributed by atoms with E-state index in [-0.39, 0.29) is 5.91 Å². The van der Waals surface area contributed by atoms with Crippen LogP contribution in [0.2, 0.25) is 0 Å². The third-order valence-corrected chi connectivity index (χ3v) is 2.74. The maximum Gasteiger partial charge on any atom is 0.251 e. The molecule has 0 fully saturated rings. The molecule has 0 atom stereocenters. The maximum atomic E-state index is 12.0. The number of hydrogen-bond acceptors (Lipinski definition) is 3. The van der Waals surface area contributed by atoms with Gasteiger partial charge in [-0.05, 0) is 38.0 Å². The zero-order valence-electron chi connectivity index (χ0n) is 11.9. The van der Waals surface area contributed by atoms with Gasteiger partial charge in [-0.2, -0.15) is 0 Å². The lowest BCUT2D eigenvalue weighted by molar-refractivity contribution is 0.0926. The standard InChI is InChI=1S/C15H22N2O2/c1-10(2)9-19-6-5-17-15(18)13-8-14(16)12(4)7-11(13)3/h7-8H,1,5-6,9,16H2,2-4H3,(H,17,18). The summed E-state index contributed by atoms with van der Waals surface area (Å²) in [5, 5.41) is 2.81. The number of rotatable bonds is 6. The van der Waals surface area contributed by atoms with Gasteiger partial charge in [0.1, 0.15) is 0 Å². The van der Waals surface area contributed by atoms with E-state index in [1.54, 1.807) is 6.07 Å². The van der Waals surface area contributed by atoms with E-state index in [0.717, 1.165) is 16.7 Å². The van der Waals surface area contributed by atoms with Gasteiger partial charge in [0.15, 0.2) is 0 Å². The Labute approximate surface area is 114 Å². The van der Waals surface area contributed by atoms with Crippen molar-refractivity contribution >= 4 is 11.6 Å². The second kappa shape index (κ2) is 6.95. The molecule has 4 nitrogen and oxygen atoms in total. The Bertz CT molecular complexity index is 481. The van der Waals surface area contributed by atoms with Gasteiger partial charge in [0.2, 0.25) is 0 Å². The lowest BCUT2D eigenvalue weighted by Gasteiger charge is -2.10. The number of carbonyl (C=O) groups excluding carboxylic acids is 1. The number of ether oxygens (including phenoxy) is 1. The fraction of sp³-hybridized carbons (Fsp3) is 0.400. The number of benzene rings is 1. The van der Waals surface area contributed by atoms with Crippen molar-refractivity contribution in [2.24, 2.45) is 0 Å². The average Bonchev–Trinajstić information content (AvgIpc) is 2.32. The van der Waals surface area contributed by atoms with Crippen molar-refractivity contribution in [2.75, 3.05) is 25.5 Å². The molecule has 0 aliphatic heterocycles. The number of amides is 1. The first-order chi connectivity index (χ1) is 8.91. The van der Waals surface area contributed by atoms with Crippen LogP contribution in [-0.4, -0.2) is 25.7 Å². The van der Waals surface area contributed by atoms with Crippen LogP contribution in [0.3, 0.4) is 0 Å². The van der Waals surface area contributed by atoms with E-state index < -0.39 is 0 Å². The van der Waals surface area contributed by atoms with Crippen molar-refractivity contribution < 1.29 is 9.53 Å². The van der Waals surface area contributed by atoms with E-state index in [1.165, 1.54) is 0 Å². The Balaban J connectivity index is 2.50. The highest BCUT2D eigenvalue weighted by atomic mass is 16.5. The zero-order valence-corrected chi connectivity index (χ0v) is 11.9. The Morgan fingerprint density at radius 3 is 2.68 bits per heavy atom. The number of hydrogen-bond donors (Lipinski definition) is 2. The summed E-state index contributed by atoms with van der Waals surface area (Å²) in [5.41, 5.74) is 9.94. The molecule has 0 aliphatic carbocycles. The van der Waals surface area contributed by atoms with E-state index in [9.17, 15) is 4.79 Å². The van der Waals surface area contributed by atoms with Crippen molar-refractivity contribution in [2.45, 2.75) is 20.8 Å². The van der Waals surface area contributed by atoms with E-state index in [2.05, 4.69) is 11.9 Å². The minimum atomic E-state index is -0.122. The Hall–Kier alpha value is -1.81. The van der Waals surface area contributed by atoms with Crippen LogP contribution in [0.25, 0.3) is 0 Å². The van der Waals surface area contributed by atoms with Crippen LogP contribution in [0.5, 0.6) is 0 Å². The van der Waals surface area contributed by atoms with Crippen LogP contribution in [0.1, 0.15) is 28.4 Å². The number of nitrogens with two attached hydrogens (primary N) is 1.